The second kappa shape index (κ2) is 6.46. The average molecular weight is 270 g/mol. The van der Waals surface area contributed by atoms with Gasteiger partial charge in [0, 0.05) is 12.4 Å². The highest BCUT2D eigenvalue weighted by atomic mass is 32.2. The molecule has 0 aromatic carbocycles. The Morgan fingerprint density at radius 1 is 1.50 bits per heavy atom. The summed E-state index contributed by atoms with van der Waals surface area (Å²) in [5.74, 6) is -0.189. The number of nitrogens with one attached hydrogen (secondary N) is 2. The molecular weight excluding hydrogens is 252 g/mol. The molecule has 18 heavy (non-hydrogen) atoms. The Morgan fingerprint density at radius 2 is 2.11 bits per heavy atom. The van der Waals surface area contributed by atoms with E-state index in [0.717, 1.165) is 5.56 Å². The van der Waals surface area contributed by atoms with Gasteiger partial charge in [-0.3, -0.25) is 10.4 Å². The number of nitrogens with two attached hydrogens (primary N) is 1. The third kappa shape index (κ3) is 4.80. The number of rotatable bonds is 7. The van der Waals surface area contributed by atoms with Crippen LogP contribution in [0.5, 0.6) is 0 Å². The minimum Gasteiger partial charge on any atom is -0.386 e. The van der Waals surface area contributed by atoms with Crippen molar-refractivity contribution in [3.05, 3.63) is 30.1 Å². The number of aromatic nitrogens is 1. The van der Waals surface area contributed by atoms with Crippen LogP contribution in [0, 0.1) is 5.41 Å². The Bertz CT molecular complexity index is 487. The first-order valence-corrected chi connectivity index (χ1v) is 7.32. The number of sulfonamides is 1. The second-order valence-electron chi connectivity index (χ2n) is 3.96. The first-order chi connectivity index (χ1) is 8.44. The maximum absolute atomic E-state index is 11.8. The topological polar surface area (TPSA) is 109 Å². The Labute approximate surface area is 107 Å². The summed E-state index contributed by atoms with van der Waals surface area (Å²) < 4.78 is 26.0. The summed E-state index contributed by atoms with van der Waals surface area (Å²) in [7, 11) is -3.43. The first kappa shape index (κ1) is 14.6. The van der Waals surface area contributed by atoms with Crippen molar-refractivity contribution in [2.75, 3.05) is 5.75 Å². The molecule has 0 bridgehead atoms. The van der Waals surface area contributed by atoms with Crippen molar-refractivity contribution < 1.29 is 8.42 Å². The Balaban J connectivity index is 2.57. The van der Waals surface area contributed by atoms with E-state index >= 15 is 0 Å². The molecular formula is C11H18N4O2S. The van der Waals surface area contributed by atoms with Crippen LogP contribution in [0.25, 0.3) is 0 Å². The van der Waals surface area contributed by atoms with Crippen LogP contribution < -0.4 is 10.5 Å². The van der Waals surface area contributed by atoms with Gasteiger partial charge in [0.05, 0.1) is 11.8 Å². The zero-order valence-electron chi connectivity index (χ0n) is 10.3. The molecule has 1 rings (SSSR count). The fourth-order valence-corrected chi connectivity index (χ4v) is 2.79. The van der Waals surface area contributed by atoms with E-state index in [2.05, 4.69) is 9.71 Å². The summed E-state index contributed by atoms with van der Waals surface area (Å²) in [5.41, 5.74) is 6.22. The summed E-state index contributed by atoms with van der Waals surface area (Å²) in [6.45, 7) is 1.78. The molecule has 0 radical (unpaired) electrons. The normalized spacial score (nSPS) is 13.2. The smallest absolute Gasteiger partial charge is 0.212 e. The summed E-state index contributed by atoms with van der Waals surface area (Å²) in [4.78, 5) is 3.86. The van der Waals surface area contributed by atoms with E-state index < -0.39 is 16.1 Å². The monoisotopic (exact) mass is 270 g/mol. The van der Waals surface area contributed by atoms with E-state index in [9.17, 15) is 8.42 Å². The van der Waals surface area contributed by atoms with Gasteiger partial charge < -0.3 is 5.73 Å². The first-order valence-electron chi connectivity index (χ1n) is 5.67. The molecule has 0 saturated carbocycles. The number of hydrogen-bond acceptors (Lipinski definition) is 4. The Kier molecular flexibility index (Phi) is 5.24. The van der Waals surface area contributed by atoms with Crippen molar-refractivity contribution in [1.82, 2.24) is 9.71 Å². The van der Waals surface area contributed by atoms with E-state index in [4.69, 9.17) is 11.1 Å². The quantitative estimate of drug-likeness (QED) is 0.487. The third-order valence-electron chi connectivity index (χ3n) is 2.51. The lowest BCUT2D eigenvalue weighted by Gasteiger charge is -2.15. The summed E-state index contributed by atoms with van der Waals surface area (Å²) in [6.07, 6.45) is 4.12. The van der Waals surface area contributed by atoms with Gasteiger partial charge in [-0.25, -0.2) is 13.1 Å². The molecule has 0 fully saturated rings. The van der Waals surface area contributed by atoms with Crippen molar-refractivity contribution >= 4 is 15.9 Å². The van der Waals surface area contributed by atoms with Crippen LogP contribution in [0.4, 0.5) is 0 Å². The number of amidine groups is 1. The maximum Gasteiger partial charge on any atom is 0.212 e. The molecule has 1 aromatic rings. The predicted molar refractivity (Wildman–Crippen MR) is 70.9 cm³/mol. The van der Waals surface area contributed by atoms with Crippen molar-refractivity contribution in [3.8, 4) is 0 Å². The number of nitrogens with zero attached hydrogens (tertiary/aromatic N) is 1. The zero-order valence-corrected chi connectivity index (χ0v) is 11.1. The molecule has 0 saturated heterocycles. The van der Waals surface area contributed by atoms with Crippen molar-refractivity contribution in [3.63, 3.8) is 0 Å². The molecule has 1 unspecified atom stereocenters. The van der Waals surface area contributed by atoms with Crippen LogP contribution in [-0.2, 0) is 16.4 Å². The van der Waals surface area contributed by atoms with Gasteiger partial charge in [-0.2, -0.15) is 0 Å². The summed E-state index contributed by atoms with van der Waals surface area (Å²) in [6, 6.07) is 2.93. The molecule has 0 aliphatic rings. The van der Waals surface area contributed by atoms with Crippen molar-refractivity contribution in [1.29, 1.82) is 5.41 Å². The number of pyridine rings is 1. The van der Waals surface area contributed by atoms with E-state index in [1.165, 1.54) is 0 Å². The Morgan fingerprint density at radius 3 is 2.61 bits per heavy atom. The van der Waals surface area contributed by atoms with Gasteiger partial charge >= 0.3 is 0 Å². The molecule has 6 nitrogen and oxygen atoms in total. The van der Waals surface area contributed by atoms with Crippen LogP contribution in [0.15, 0.2) is 24.5 Å². The molecule has 1 atom stereocenters. The number of hydrogen-bond donors (Lipinski definition) is 3. The number of aryl methyl sites for hydroxylation is 1. The lowest BCUT2D eigenvalue weighted by Crippen LogP contribution is -2.44. The van der Waals surface area contributed by atoms with E-state index in [-0.39, 0.29) is 11.6 Å². The lowest BCUT2D eigenvalue weighted by molar-refractivity contribution is 0.570. The van der Waals surface area contributed by atoms with Gasteiger partial charge in [0.25, 0.3) is 0 Å². The highest BCUT2D eigenvalue weighted by molar-refractivity contribution is 7.89. The van der Waals surface area contributed by atoms with Gasteiger partial charge in [0.15, 0.2) is 0 Å². The maximum atomic E-state index is 11.8. The van der Waals surface area contributed by atoms with Crippen LogP contribution in [-0.4, -0.2) is 31.0 Å². The van der Waals surface area contributed by atoms with Gasteiger partial charge in [-0.05, 0) is 30.5 Å². The SMILES string of the molecule is CCC(NS(=O)(=O)CCc1ccncc1)C(=N)N. The van der Waals surface area contributed by atoms with Crippen molar-refractivity contribution in [2.24, 2.45) is 5.73 Å². The molecule has 0 amide bonds. The van der Waals surface area contributed by atoms with Crippen LogP contribution in [0.1, 0.15) is 18.9 Å². The van der Waals surface area contributed by atoms with Gasteiger partial charge in [0.1, 0.15) is 5.84 Å². The Hall–Kier alpha value is -1.47. The molecule has 1 heterocycles. The molecule has 100 valence electrons. The average Bonchev–Trinajstić information content (AvgIpc) is 2.35. The summed E-state index contributed by atoms with van der Waals surface area (Å²) in [5, 5.41) is 7.27. The zero-order chi connectivity index (χ0) is 13.6. The largest absolute Gasteiger partial charge is 0.386 e. The highest BCUT2D eigenvalue weighted by Crippen LogP contribution is 2.01. The molecule has 0 spiro atoms. The third-order valence-corrected chi connectivity index (χ3v) is 3.90. The fraction of sp³-hybridized carbons (Fsp3) is 0.455. The molecule has 1 aromatic heterocycles. The minimum atomic E-state index is -3.43. The van der Waals surface area contributed by atoms with Crippen LogP contribution in [0.2, 0.25) is 0 Å². The van der Waals surface area contributed by atoms with E-state index in [1.807, 2.05) is 0 Å². The second-order valence-corrected chi connectivity index (χ2v) is 5.83. The molecule has 0 aliphatic heterocycles. The van der Waals surface area contributed by atoms with Gasteiger partial charge in [0.2, 0.25) is 10.0 Å². The van der Waals surface area contributed by atoms with E-state index in [0.29, 0.717) is 12.8 Å². The van der Waals surface area contributed by atoms with Crippen LogP contribution in [0.3, 0.4) is 0 Å². The van der Waals surface area contributed by atoms with Crippen molar-refractivity contribution in [2.45, 2.75) is 25.8 Å². The highest BCUT2D eigenvalue weighted by Gasteiger charge is 2.18. The fourth-order valence-electron chi connectivity index (χ4n) is 1.44. The molecule has 4 N–H and O–H groups in total. The summed E-state index contributed by atoms with van der Waals surface area (Å²) >= 11 is 0. The standard InChI is InChI=1S/C11H18N4O2S/c1-2-10(11(12)13)15-18(16,17)8-5-9-3-6-14-7-4-9/h3-4,6-7,10,15H,2,5,8H2,1H3,(H3,12,13). The van der Waals surface area contributed by atoms with Gasteiger partial charge in [-0.15, -0.1) is 0 Å². The minimum absolute atomic E-state index is 0.0270. The predicted octanol–water partition coefficient (Wildman–Crippen LogP) is 0.258. The molecule has 7 heteroatoms. The molecule has 0 aliphatic carbocycles. The lowest BCUT2D eigenvalue weighted by atomic mass is 10.2. The van der Waals surface area contributed by atoms with Crippen LogP contribution >= 0.6 is 0 Å². The van der Waals surface area contributed by atoms with Gasteiger partial charge in [-0.1, -0.05) is 6.92 Å². The van der Waals surface area contributed by atoms with E-state index in [1.54, 1.807) is 31.5 Å².